The van der Waals surface area contributed by atoms with E-state index < -0.39 is 6.04 Å². The highest BCUT2D eigenvalue weighted by molar-refractivity contribution is 5.86. The van der Waals surface area contributed by atoms with Crippen LogP contribution < -0.4 is 5.32 Å². The van der Waals surface area contributed by atoms with E-state index in [0.717, 1.165) is 33.5 Å². The maximum Gasteiger partial charge on any atom is 0.322 e. The molecule has 172 valence electrons. The number of carbonyl (C=O) groups is 1. The number of aryl methyl sites for hydroxylation is 3. The molecule has 0 fully saturated rings. The Morgan fingerprint density at radius 2 is 1.85 bits per heavy atom. The Morgan fingerprint density at radius 1 is 1.00 bits per heavy atom. The Balaban J connectivity index is 1.62. The fourth-order valence-corrected chi connectivity index (χ4v) is 4.24. The number of carbonyl (C=O) groups excluding carboxylic acids is 1. The van der Waals surface area contributed by atoms with Crippen LogP contribution in [0.15, 0.2) is 75.5 Å². The molecule has 7 heteroatoms. The number of rotatable bonds is 5. The fraction of sp³-hybridized carbons (Fsp3) is 0.222. The van der Waals surface area contributed by atoms with Gasteiger partial charge in [-0.15, -0.1) is 0 Å². The van der Waals surface area contributed by atoms with Gasteiger partial charge in [0.05, 0.1) is 24.4 Å². The van der Waals surface area contributed by atoms with Gasteiger partial charge in [0, 0.05) is 11.3 Å². The third-order valence-corrected chi connectivity index (χ3v) is 6.29. The van der Waals surface area contributed by atoms with E-state index in [1.54, 1.807) is 17.2 Å². The van der Waals surface area contributed by atoms with Crippen LogP contribution in [0.2, 0.25) is 0 Å². The third-order valence-electron chi connectivity index (χ3n) is 6.29. The van der Waals surface area contributed by atoms with Crippen LogP contribution in [0, 0.1) is 20.8 Å². The van der Waals surface area contributed by atoms with Crippen LogP contribution in [0.4, 0.5) is 4.79 Å². The van der Waals surface area contributed by atoms with Gasteiger partial charge >= 0.3 is 6.03 Å². The van der Waals surface area contributed by atoms with E-state index in [-0.39, 0.29) is 6.03 Å². The minimum Gasteiger partial charge on any atom is -0.467 e. The van der Waals surface area contributed by atoms with Crippen molar-refractivity contribution in [3.05, 3.63) is 100 Å². The zero-order valence-corrected chi connectivity index (χ0v) is 19.6. The smallest absolute Gasteiger partial charge is 0.322 e. The summed E-state index contributed by atoms with van der Waals surface area (Å²) < 4.78 is 11.3. The molecule has 2 aromatic carbocycles. The first-order chi connectivity index (χ1) is 16.4. The van der Waals surface area contributed by atoms with Crippen LogP contribution in [-0.2, 0) is 6.54 Å². The predicted molar refractivity (Wildman–Crippen MR) is 129 cm³/mol. The number of nitrogens with zero attached hydrogens (tertiary/aromatic N) is 3. The monoisotopic (exact) mass is 454 g/mol. The summed E-state index contributed by atoms with van der Waals surface area (Å²) in [6.07, 6.45) is 1.60. The Morgan fingerprint density at radius 3 is 2.59 bits per heavy atom. The van der Waals surface area contributed by atoms with Crippen molar-refractivity contribution in [2.75, 3.05) is 0 Å². The summed E-state index contributed by atoms with van der Waals surface area (Å²) >= 11 is 0. The topological polar surface area (TPSA) is 84.4 Å². The van der Waals surface area contributed by atoms with Crippen LogP contribution in [0.25, 0.3) is 17.0 Å². The molecule has 5 rings (SSSR count). The lowest BCUT2D eigenvalue weighted by atomic mass is 9.92. The molecule has 2 aromatic heterocycles. The van der Waals surface area contributed by atoms with Gasteiger partial charge in [-0.3, -0.25) is 4.90 Å². The SMILES string of the molecule is CC1=C(c2nc(-c3cccc(C)c3)no2)C(c2ccc(C)c(C)c2)NC(=O)N1Cc1ccco1. The number of benzene rings is 2. The zero-order valence-electron chi connectivity index (χ0n) is 19.6. The molecular formula is C27H26N4O3. The average Bonchev–Trinajstić information content (AvgIpc) is 3.50. The molecule has 4 aromatic rings. The molecule has 1 N–H and O–H groups in total. The van der Waals surface area contributed by atoms with Crippen molar-refractivity contribution in [2.24, 2.45) is 0 Å². The highest BCUT2D eigenvalue weighted by Gasteiger charge is 2.36. The van der Waals surface area contributed by atoms with Gasteiger partial charge in [0.1, 0.15) is 5.76 Å². The first kappa shape index (κ1) is 21.7. The fourth-order valence-electron chi connectivity index (χ4n) is 4.24. The molecule has 1 aliphatic heterocycles. The number of allylic oxidation sites excluding steroid dienone is 1. The highest BCUT2D eigenvalue weighted by Crippen LogP contribution is 2.38. The Kier molecular flexibility index (Phi) is 5.53. The standard InChI is InChI=1S/C27H26N4O3/c1-16-7-5-8-21(13-16)25-29-26(34-30-25)23-19(4)31(15-22-9-6-12-33-22)27(32)28-24(23)20-11-10-17(2)18(3)14-20/h5-14,24H,15H2,1-4H3,(H,28,32). The van der Waals surface area contributed by atoms with Crippen molar-refractivity contribution in [1.82, 2.24) is 20.4 Å². The summed E-state index contributed by atoms with van der Waals surface area (Å²) in [5, 5.41) is 7.39. The highest BCUT2D eigenvalue weighted by atomic mass is 16.5. The van der Waals surface area contributed by atoms with Gasteiger partial charge in [-0.05, 0) is 62.6 Å². The van der Waals surface area contributed by atoms with Crippen molar-refractivity contribution in [2.45, 2.75) is 40.3 Å². The van der Waals surface area contributed by atoms with Gasteiger partial charge < -0.3 is 14.3 Å². The normalized spacial score (nSPS) is 16.2. The summed E-state index contributed by atoms with van der Waals surface area (Å²) in [5.74, 6) is 1.57. The van der Waals surface area contributed by atoms with Crippen molar-refractivity contribution >= 4 is 11.6 Å². The lowest BCUT2D eigenvalue weighted by Gasteiger charge is -2.34. The molecule has 0 spiro atoms. The molecule has 2 amide bonds. The first-order valence-corrected chi connectivity index (χ1v) is 11.2. The summed E-state index contributed by atoms with van der Waals surface area (Å²) in [6, 6.07) is 17.2. The van der Waals surface area contributed by atoms with Crippen LogP contribution in [0.3, 0.4) is 0 Å². The van der Waals surface area contributed by atoms with Crippen LogP contribution in [0.1, 0.15) is 46.9 Å². The summed E-state index contributed by atoms with van der Waals surface area (Å²) in [6.45, 7) is 8.35. The van der Waals surface area contributed by atoms with Gasteiger partial charge in [-0.25, -0.2) is 4.79 Å². The number of furan rings is 1. The summed E-state index contributed by atoms with van der Waals surface area (Å²) in [5.41, 5.74) is 6.78. The summed E-state index contributed by atoms with van der Waals surface area (Å²) in [7, 11) is 0. The van der Waals surface area contributed by atoms with E-state index in [1.165, 1.54) is 5.56 Å². The van der Waals surface area contributed by atoms with Crippen molar-refractivity contribution < 1.29 is 13.7 Å². The third kappa shape index (κ3) is 4.01. The molecule has 1 unspecified atom stereocenters. The molecule has 0 radical (unpaired) electrons. The minimum atomic E-state index is -0.425. The van der Waals surface area contributed by atoms with Crippen molar-refractivity contribution in [3.8, 4) is 11.4 Å². The van der Waals surface area contributed by atoms with E-state index in [4.69, 9.17) is 13.9 Å². The zero-order chi connectivity index (χ0) is 23.8. The number of nitrogens with one attached hydrogen (secondary N) is 1. The van der Waals surface area contributed by atoms with E-state index in [1.807, 2.05) is 50.2 Å². The maximum absolute atomic E-state index is 13.2. The van der Waals surface area contributed by atoms with Crippen molar-refractivity contribution in [1.29, 1.82) is 0 Å². The quantitative estimate of drug-likeness (QED) is 0.403. The molecule has 0 bridgehead atoms. The van der Waals surface area contributed by atoms with Gasteiger partial charge in [-0.1, -0.05) is 47.1 Å². The van der Waals surface area contributed by atoms with Crippen LogP contribution in [0.5, 0.6) is 0 Å². The molecule has 0 saturated carbocycles. The van der Waals surface area contributed by atoms with E-state index >= 15 is 0 Å². The Hall–Kier alpha value is -4.13. The first-order valence-electron chi connectivity index (χ1n) is 11.2. The van der Waals surface area contributed by atoms with Gasteiger partial charge in [0.25, 0.3) is 5.89 Å². The predicted octanol–water partition coefficient (Wildman–Crippen LogP) is 5.95. The lowest BCUT2D eigenvalue weighted by molar-refractivity contribution is 0.199. The van der Waals surface area contributed by atoms with Gasteiger partial charge in [0.15, 0.2) is 0 Å². The minimum absolute atomic E-state index is 0.209. The van der Waals surface area contributed by atoms with Gasteiger partial charge in [0.2, 0.25) is 5.82 Å². The number of urea groups is 1. The van der Waals surface area contributed by atoms with E-state index in [9.17, 15) is 4.79 Å². The Bertz CT molecular complexity index is 1380. The average molecular weight is 455 g/mol. The summed E-state index contributed by atoms with van der Waals surface area (Å²) in [4.78, 5) is 19.6. The molecule has 1 atom stereocenters. The second kappa shape index (κ2) is 8.67. The van der Waals surface area contributed by atoms with Crippen LogP contribution in [-0.4, -0.2) is 21.1 Å². The number of aromatic nitrogens is 2. The van der Waals surface area contributed by atoms with Crippen LogP contribution >= 0.6 is 0 Å². The number of amides is 2. The van der Waals surface area contributed by atoms with E-state index in [2.05, 4.69) is 36.5 Å². The molecule has 0 saturated heterocycles. The van der Waals surface area contributed by atoms with E-state index in [0.29, 0.717) is 24.0 Å². The molecule has 34 heavy (non-hydrogen) atoms. The second-order valence-electron chi connectivity index (χ2n) is 8.68. The number of hydrogen-bond acceptors (Lipinski definition) is 5. The molecule has 7 nitrogen and oxygen atoms in total. The Labute approximate surface area is 198 Å². The second-order valence-corrected chi connectivity index (χ2v) is 8.68. The molecule has 1 aliphatic rings. The molecule has 0 aliphatic carbocycles. The van der Waals surface area contributed by atoms with Gasteiger partial charge in [-0.2, -0.15) is 4.98 Å². The lowest BCUT2D eigenvalue weighted by Crippen LogP contribution is -2.45. The molecule has 3 heterocycles. The number of hydrogen-bond donors (Lipinski definition) is 1. The van der Waals surface area contributed by atoms with Crippen molar-refractivity contribution in [3.63, 3.8) is 0 Å². The largest absolute Gasteiger partial charge is 0.467 e. The molecular weight excluding hydrogens is 428 g/mol. The maximum atomic E-state index is 13.2.